The molecule has 3 aromatic carbocycles. The molecule has 4 nitrogen and oxygen atoms in total. The third-order valence-electron chi connectivity index (χ3n) is 4.34. The normalized spacial score (nSPS) is 10.4. The van der Waals surface area contributed by atoms with Gasteiger partial charge in [-0.25, -0.2) is 0 Å². The van der Waals surface area contributed by atoms with Crippen molar-refractivity contribution in [3.05, 3.63) is 81.8 Å². The molecule has 1 N–H and O–H groups in total. The summed E-state index contributed by atoms with van der Waals surface area (Å²) >= 11 is 3.62. The van der Waals surface area contributed by atoms with E-state index in [1.54, 1.807) is 14.2 Å². The quantitative estimate of drug-likeness (QED) is 0.467. The standard InChI is InChI=1S/C23H24BrNO3/c1-16-5-4-6-17(11-16)15-28-23-21(24)12-18(13-22(23)27-3)14-25-19-7-9-20(26-2)10-8-19/h4-13,25H,14-15H2,1-3H3. The van der Waals surface area contributed by atoms with Crippen LogP contribution in [0.4, 0.5) is 5.69 Å². The van der Waals surface area contributed by atoms with E-state index < -0.39 is 0 Å². The molecular weight excluding hydrogens is 418 g/mol. The van der Waals surface area contributed by atoms with Gasteiger partial charge < -0.3 is 19.5 Å². The molecule has 0 radical (unpaired) electrons. The molecule has 146 valence electrons. The van der Waals surface area contributed by atoms with Crippen LogP contribution in [0.15, 0.2) is 65.1 Å². The molecule has 5 heteroatoms. The Morgan fingerprint density at radius 2 is 1.68 bits per heavy atom. The van der Waals surface area contributed by atoms with Gasteiger partial charge in [-0.15, -0.1) is 0 Å². The minimum Gasteiger partial charge on any atom is -0.497 e. The lowest BCUT2D eigenvalue weighted by atomic mass is 10.1. The van der Waals surface area contributed by atoms with Crippen molar-refractivity contribution in [2.75, 3.05) is 19.5 Å². The predicted molar refractivity (Wildman–Crippen MR) is 117 cm³/mol. The largest absolute Gasteiger partial charge is 0.497 e. The third-order valence-corrected chi connectivity index (χ3v) is 4.93. The lowest BCUT2D eigenvalue weighted by Crippen LogP contribution is -2.03. The molecule has 0 heterocycles. The second kappa shape index (κ2) is 9.51. The minimum absolute atomic E-state index is 0.486. The first-order valence-corrected chi connectivity index (χ1v) is 9.81. The summed E-state index contributed by atoms with van der Waals surface area (Å²) in [5.41, 5.74) is 4.45. The molecule has 0 aliphatic heterocycles. The van der Waals surface area contributed by atoms with E-state index in [0.717, 1.165) is 27.0 Å². The van der Waals surface area contributed by atoms with Crippen molar-refractivity contribution in [3.8, 4) is 17.2 Å². The van der Waals surface area contributed by atoms with Gasteiger partial charge in [0.25, 0.3) is 0 Å². The Morgan fingerprint density at radius 1 is 0.893 bits per heavy atom. The van der Waals surface area contributed by atoms with Gasteiger partial charge in [0.05, 0.1) is 18.7 Å². The molecule has 3 rings (SSSR count). The van der Waals surface area contributed by atoms with Crippen LogP contribution in [0.2, 0.25) is 0 Å². The van der Waals surface area contributed by atoms with Crippen LogP contribution in [-0.2, 0) is 13.2 Å². The van der Waals surface area contributed by atoms with Crippen molar-refractivity contribution in [3.63, 3.8) is 0 Å². The Morgan fingerprint density at radius 3 is 2.36 bits per heavy atom. The summed E-state index contributed by atoms with van der Waals surface area (Å²) in [6.07, 6.45) is 0. The average molecular weight is 442 g/mol. The second-order valence-electron chi connectivity index (χ2n) is 6.47. The van der Waals surface area contributed by atoms with Crippen molar-refractivity contribution >= 4 is 21.6 Å². The molecule has 0 bridgehead atoms. The molecule has 0 aromatic heterocycles. The Balaban J connectivity index is 1.69. The number of hydrogen-bond acceptors (Lipinski definition) is 4. The van der Waals surface area contributed by atoms with Crippen LogP contribution >= 0.6 is 15.9 Å². The first-order chi connectivity index (χ1) is 13.6. The van der Waals surface area contributed by atoms with Gasteiger partial charge in [0.2, 0.25) is 0 Å². The monoisotopic (exact) mass is 441 g/mol. The Kier molecular flexibility index (Phi) is 6.82. The number of ether oxygens (including phenoxy) is 3. The lowest BCUT2D eigenvalue weighted by molar-refractivity contribution is 0.282. The number of methoxy groups -OCH3 is 2. The molecule has 0 unspecified atom stereocenters. The average Bonchev–Trinajstić information content (AvgIpc) is 2.71. The summed E-state index contributed by atoms with van der Waals surface area (Å²) in [6.45, 7) is 3.23. The molecule has 0 amide bonds. The zero-order chi connectivity index (χ0) is 19.9. The van der Waals surface area contributed by atoms with E-state index in [4.69, 9.17) is 14.2 Å². The summed E-state index contributed by atoms with van der Waals surface area (Å²) in [5.74, 6) is 2.25. The fourth-order valence-corrected chi connectivity index (χ4v) is 3.49. The molecule has 0 aliphatic rings. The molecule has 3 aromatic rings. The number of aryl methyl sites for hydroxylation is 1. The van der Waals surface area contributed by atoms with Gasteiger partial charge in [-0.2, -0.15) is 0 Å². The van der Waals surface area contributed by atoms with Gasteiger partial charge >= 0.3 is 0 Å². The van der Waals surface area contributed by atoms with E-state index in [1.165, 1.54) is 5.56 Å². The van der Waals surface area contributed by atoms with E-state index in [9.17, 15) is 0 Å². The lowest BCUT2D eigenvalue weighted by Gasteiger charge is -2.15. The maximum Gasteiger partial charge on any atom is 0.175 e. The topological polar surface area (TPSA) is 39.7 Å². The number of hydrogen-bond donors (Lipinski definition) is 1. The second-order valence-corrected chi connectivity index (χ2v) is 7.32. The van der Waals surface area contributed by atoms with Crippen LogP contribution in [0.5, 0.6) is 17.2 Å². The number of halogens is 1. The molecule has 0 saturated heterocycles. The molecule has 0 saturated carbocycles. The number of benzene rings is 3. The van der Waals surface area contributed by atoms with E-state index in [2.05, 4.69) is 46.4 Å². The zero-order valence-corrected chi connectivity index (χ0v) is 17.9. The van der Waals surface area contributed by atoms with E-state index in [1.807, 2.05) is 42.5 Å². The van der Waals surface area contributed by atoms with Crippen molar-refractivity contribution in [1.29, 1.82) is 0 Å². The Hall–Kier alpha value is -2.66. The molecule has 0 fully saturated rings. The number of nitrogens with one attached hydrogen (secondary N) is 1. The number of anilines is 1. The fraction of sp³-hybridized carbons (Fsp3) is 0.217. The highest BCUT2D eigenvalue weighted by atomic mass is 79.9. The minimum atomic E-state index is 0.486. The van der Waals surface area contributed by atoms with E-state index in [0.29, 0.717) is 24.7 Å². The van der Waals surface area contributed by atoms with E-state index in [-0.39, 0.29) is 0 Å². The summed E-state index contributed by atoms with van der Waals surface area (Å²) < 4.78 is 17.7. The summed E-state index contributed by atoms with van der Waals surface area (Å²) in [7, 11) is 3.32. The van der Waals surface area contributed by atoms with Crippen molar-refractivity contribution in [2.24, 2.45) is 0 Å². The van der Waals surface area contributed by atoms with Crippen LogP contribution in [0, 0.1) is 6.92 Å². The maximum atomic E-state index is 6.04. The Bertz CT molecular complexity index is 926. The first-order valence-electron chi connectivity index (χ1n) is 9.01. The smallest absolute Gasteiger partial charge is 0.175 e. The van der Waals surface area contributed by atoms with Crippen molar-refractivity contribution in [1.82, 2.24) is 0 Å². The van der Waals surface area contributed by atoms with Gasteiger partial charge in [-0.3, -0.25) is 0 Å². The van der Waals surface area contributed by atoms with Crippen molar-refractivity contribution < 1.29 is 14.2 Å². The maximum absolute atomic E-state index is 6.04. The van der Waals surface area contributed by atoms with E-state index >= 15 is 0 Å². The third kappa shape index (κ3) is 5.20. The van der Waals surface area contributed by atoms with Gasteiger partial charge in [0, 0.05) is 12.2 Å². The molecule has 0 atom stereocenters. The highest BCUT2D eigenvalue weighted by Gasteiger charge is 2.12. The van der Waals surface area contributed by atoms with Crippen LogP contribution in [-0.4, -0.2) is 14.2 Å². The first kappa shape index (κ1) is 20.1. The van der Waals surface area contributed by atoms with Crippen LogP contribution in [0.3, 0.4) is 0 Å². The zero-order valence-electron chi connectivity index (χ0n) is 16.3. The molecule has 0 spiro atoms. The van der Waals surface area contributed by atoms with Crippen LogP contribution in [0.25, 0.3) is 0 Å². The predicted octanol–water partition coefficient (Wildman–Crippen LogP) is 5.97. The molecule has 28 heavy (non-hydrogen) atoms. The van der Waals surface area contributed by atoms with Gasteiger partial charge in [0.15, 0.2) is 11.5 Å². The van der Waals surface area contributed by atoms with Crippen LogP contribution in [0.1, 0.15) is 16.7 Å². The highest BCUT2D eigenvalue weighted by molar-refractivity contribution is 9.10. The summed E-state index contributed by atoms with van der Waals surface area (Å²) in [5, 5.41) is 3.40. The SMILES string of the molecule is COc1ccc(NCc2cc(Br)c(OCc3cccc(C)c3)c(OC)c2)cc1. The van der Waals surface area contributed by atoms with Gasteiger partial charge in [-0.1, -0.05) is 29.8 Å². The highest BCUT2D eigenvalue weighted by Crippen LogP contribution is 2.37. The molecule has 0 aliphatic carbocycles. The van der Waals surface area contributed by atoms with Gasteiger partial charge in [-0.05, 0) is 70.4 Å². The van der Waals surface area contributed by atoms with Crippen molar-refractivity contribution in [2.45, 2.75) is 20.1 Å². The molecular formula is C23H24BrNO3. The fourth-order valence-electron chi connectivity index (χ4n) is 2.89. The van der Waals surface area contributed by atoms with Gasteiger partial charge in [0.1, 0.15) is 12.4 Å². The summed E-state index contributed by atoms with van der Waals surface area (Å²) in [4.78, 5) is 0. The number of rotatable bonds is 8. The van der Waals surface area contributed by atoms with Crippen LogP contribution < -0.4 is 19.5 Å². The Labute approximate surface area is 174 Å². The summed E-state index contributed by atoms with van der Waals surface area (Å²) in [6, 6.07) is 20.2.